The van der Waals surface area contributed by atoms with Crippen molar-refractivity contribution < 1.29 is 24.3 Å². The third-order valence-electron chi connectivity index (χ3n) is 4.84. The first-order valence-corrected chi connectivity index (χ1v) is 9.79. The quantitative estimate of drug-likeness (QED) is 0.299. The molecule has 1 unspecified atom stereocenters. The van der Waals surface area contributed by atoms with Crippen LogP contribution in [-0.4, -0.2) is 34.8 Å². The van der Waals surface area contributed by atoms with Crippen molar-refractivity contribution in [2.75, 3.05) is 18.6 Å². The smallest absolute Gasteiger partial charge is 0.338 e. The average molecular weight is 443 g/mol. The number of ether oxygens (including phenoxy) is 2. The van der Waals surface area contributed by atoms with Crippen LogP contribution in [0.15, 0.2) is 53.7 Å². The molecule has 1 atom stereocenters. The van der Waals surface area contributed by atoms with Crippen LogP contribution in [0.1, 0.15) is 25.5 Å². The molecule has 9 nitrogen and oxygen atoms in total. The summed E-state index contributed by atoms with van der Waals surface area (Å²) >= 11 is 5.55. The van der Waals surface area contributed by atoms with Gasteiger partial charge in [0.2, 0.25) is 0 Å². The van der Waals surface area contributed by atoms with Gasteiger partial charge < -0.3 is 19.9 Å². The van der Waals surface area contributed by atoms with Gasteiger partial charge in [-0.1, -0.05) is 6.07 Å². The number of phenols is 1. The predicted molar refractivity (Wildman–Crippen MR) is 118 cm³/mol. The van der Waals surface area contributed by atoms with Crippen molar-refractivity contribution in [2.45, 2.75) is 19.9 Å². The number of nitro groups is 1. The highest BCUT2D eigenvalue weighted by atomic mass is 32.1. The zero-order valence-electron chi connectivity index (χ0n) is 17.1. The van der Waals surface area contributed by atoms with Crippen molar-refractivity contribution in [1.29, 1.82) is 0 Å². The van der Waals surface area contributed by atoms with Crippen molar-refractivity contribution in [3.8, 4) is 11.5 Å². The number of phenolic OH excluding ortho intramolecular Hbond substituents is 1. The maximum atomic E-state index is 12.9. The number of esters is 1. The standard InChI is InChI=1S/C21H21N3O6S/c1-4-30-20(26)18-12(2)23(14-6-8-15(29-3)9-7-14)21(31)22-19(18)13-5-10-17(25)16(11-13)24(27)28/h5-11,19,25H,4H2,1-3H3,(H,22,31). The van der Waals surface area contributed by atoms with Gasteiger partial charge in [0.15, 0.2) is 10.9 Å². The maximum absolute atomic E-state index is 12.9. The Hall–Kier alpha value is -3.66. The van der Waals surface area contributed by atoms with Crippen molar-refractivity contribution in [1.82, 2.24) is 5.32 Å². The number of thiocarbonyl (C=S) groups is 1. The highest BCUT2D eigenvalue weighted by Crippen LogP contribution is 2.37. The summed E-state index contributed by atoms with van der Waals surface area (Å²) in [4.78, 5) is 25.1. The molecule has 1 aliphatic rings. The summed E-state index contributed by atoms with van der Waals surface area (Å²) < 4.78 is 10.4. The Kier molecular flexibility index (Phi) is 6.40. The van der Waals surface area contributed by atoms with Crippen LogP contribution < -0.4 is 15.0 Å². The summed E-state index contributed by atoms with van der Waals surface area (Å²) in [6, 6.07) is 10.3. The summed E-state index contributed by atoms with van der Waals surface area (Å²) in [5, 5.41) is 24.4. The van der Waals surface area contributed by atoms with E-state index in [1.165, 1.54) is 18.2 Å². The van der Waals surface area contributed by atoms with Crippen LogP contribution in [-0.2, 0) is 9.53 Å². The topological polar surface area (TPSA) is 114 Å². The van der Waals surface area contributed by atoms with Gasteiger partial charge in [-0.15, -0.1) is 0 Å². The lowest BCUT2D eigenvalue weighted by Gasteiger charge is -2.37. The largest absolute Gasteiger partial charge is 0.502 e. The Bertz CT molecular complexity index is 1070. The number of benzene rings is 2. The Balaban J connectivity index is 2.14. The van der Waals surface area contributed by atoms with Crippen LogP contribution in [0.4, 0.5) is 11.4 Å². The first kappa shape index (κ1) is 22.0. The maximum Gasteiger partial charge on any atom is 0.338 e. The number of nitrogens with zero attached hydrogens (tertiary/aromatic N) is 2. The fourth-order valence-corrected chi connectivity index (χ4v) is 3.73. The van der Waals surface area contributed by atoms with Gasteiger partial charge in [-0.25, -0.2) is 4.79 Å². The number of carbonyl (C=O) groups is 1. The number of nitrogens with one attached hydrogen (secondary N) is 1. The van der Waals surface area contributed by atoms with Crippen molar-refractivity contribution in [2.24, 2.45) is 0 Å². The SMILES string of the molecule is CCOC(=O)C1=C(C)N(c2ccc(OC)cc2)C(=S)NC1c1ccc(O)c([N+](=O)[O-])c1. The summed E-state index contributed by atoms with van der Waals surface area (Å²) in [5.74, 6) is -0.374. The fraction of sp³-hybridized carbons (Fsp3) is 0.238. The summed E-state index contributed by atoms with van der Waals surface area (Å²) in [5.41, 5.74) is 1.40. The van der Waals surface area contributed by atoms with Gasteiger partial charge in [0.25, 0.3) is 0 Å². The molecule has 0 aliphatic carbocycles. The number of anilines is 1. The molecule has 2 aromatic rings. The second-order valence-electron chi connectivity index (χ2n) is 6.64. The molecule has 2 N–H and O–H groups in total. The second kappa shape index (κ2) is 9.00. The molecule has 2 aromatic carbocycles. The molecular weight excluding hydrogens is 422 g/mol. The molecule has 162 valence electrons. The predicted octanol–water partition coefficient (Wildman–Crippen LogP) is 3.58. The molecule has 0 fully saturated rings. The molecule has 0 saturated carbocycles. The number of aromatic hydroxyl groups is 1. The van der Waals surface area contributed by atoms with Gasteiger partial charge >= 0.3 is 11.7 Å². The Labute approximate surface area is 184 Å². The normalized spacial score (nSPS) is 16.0. The third kappa shape index (κ3) is 4.29. The van der Waals surface area contributed by atoms with E-state index in [4.69, 9.17) is 21.7 Å². The molecule has 10 heteroatoms. The molecule has 0 radical (unpaired) electrons. The molecule has 0 bridgehead atoms. The number of carbonyl (C=O) groups excluding carboxylic acids is 1. The fourth-order valence-electron chi connectivity index (χ4n) is 3.37. The van der Waals surface area contributed by atoms with Gasteiger partial charge in [0.1, 0.15) is 5.75 Å². The number of rotatable bonds is 6. The molecular formula is C21H21N3O6S. The van der Waals surface area contributed by atoms with E-state index in [2.05, 4.69) is 5.32 Å². The molecule has 31 heavy (non-hydrogen) atoms. The van der Waals surface area contributed by atoms with E-state index in [0.717, 1.165) is 0 Å². The number of nitro benzene ring substituents is 1. The first-order valence-electron chi connectivity index (χ1n) is 9.38. The lowest BCUT2D eigenvalue weighted by molar-refractivity contribution is -0.385. The highest BCUT2D eigenvalue weighted by molar-refractivity contribution is 7.80. The second-order valence-corrected chi connectivity index (χ2v) is 7.03. The number of allylic oxidation sites excluding steroid dienone is 1. The first-order chi connectivity index (χ1) is 14.8. The van der Waals surface area contributed by atoms with Gasteiger partial charge in [-0.05, 0) is 62.0 Å². The minimum absolute atomic E-state index is 0.158. The van der Waals surface area contributed by atoms with Gasteiger partial charge in [0, 0.05) is 17.5 Å². The molecule has 0 amide bonds. The van der Waals surface area contributed by atoms with Crippen LogP contribution in [0, 0.1) is 10.1 Å². The van der Waals surface area contributed by atoms with Crippen molar-refractivity contribution in [3.63, 3.8) is 0 Å². The summed E-state index contributed by atoms with van der Waals surface area (Å²) in [7, 11) is 1.56. The Morgan fingerprint density at radius 2 is 1.97 bits per heavy atom. The number of hydrogen-bond donors (Lipinski definition) is 2. The van der Waals surface area contributed by atoms with Gasteiger partial charge in [-0.3, -0.25) is 15.0 Å². The summed E-state index contributed by atoms with van der Waals surface area (Å²) in [6.45, 7) is 3.58. The van der Waals surface area contributed by atoms with Crippen molar-refractivity contribution >= 4 is 34.7 Å². The highest BCUT2D eigenvalue weighted by Gasteiger charge is 2.36. The number of hydrogen-bond acceptors (Lipinski definition) is 7. The monoisotopic (exact) mass is 443 g/mol. The van der Waals surface area contributed by atoms with E-state index in [9.17, 15) is 20.0 Å². The molecule has 1 heterocycles. The van der Waals surface area contributed by atoms with Crippen LogP contribution in [0.5, 0.6) is 11.5 Å². The van der Waals surface area contributed by atoms with Gasteiger partial charge in [0.05, 0.1) is 30.3 Å². The van der Waals surface area contributed by atoms with E-state index >= 15 is 0 Å². The van der Waals surface area contributed by atoms with Crippen LogP contribution in [0.25, 0.3) is 0 Å². The zero-order chi connectivity index (χ0) is 22.7. The molecule has 3 rings (SSSR count). The third-order valence-corrected chi connectivity index (χ3v) is 5.14. The van der Waals surface area contributed by atoms with Crippen LogP contribution in [0.2, 0.25) is 0 Å². The lowest BCUT2D eigenvalue weighted by Crippen LogP contribution is -2.48. The van der Waals surface area contributed by atoms with E-state index in [-0.39, 0.29) is 12.2 Å². The average Bonchev–Trinajstić information content (AvgIpc) is 2.74. The van der Waals surface area contributed by atoms with Gasteiger partial charge in [-0.2, -0.15) is 0 Å². The van der Waals surface area contributed by atoms with Crippen LogP contribution in [0.3, 0.4) is 0 Å². The molecule has 0 spiro atoms. The van der Waals surface area contributed by atoms with E-state index in [1.807, 2.05) is 0 Å². The molecule has 0 aromatic heterocycles. The minimum Gasteiger partial charge on any atom is -0.502 e. The van der Waals surface area contributed by atoms with Crippen molar-refractivity contribution in [3.05, 3.63) is 69.4 Å². The zero-order valence-corrected chi connectivity index (χ0v) is 17.9. The Morgan fingerprint density at radius 1 is 1.29 bits per heavy atom. The summed E-state index contributed by atoms with van der Waals surface area (Å²) in [6.07, 6.45) is 0. The lowest BCUT2D eigenvalue weighted by atomic mass is 9.94. The molecule has 1 aliphatic heterocycles. The van der Waals surface area contributed by atoms with Crippen LogP contribution >= 0.6 is 12.2 Å². The number of methoxy groups -OCH3 is 1. The van der Waals surface area contributed by atoms with E-state index in [1.54, 1.807) is 50.1 Å². The van der Waals surface area contributed by atoms with E-state index < -0.39 is 28.4 Å². The Morgan fingerprint density at radius 3 is 2.55 bits per heavy atom. The minimum atomic E-state index is -0.791. The van der Waals surface area contributed by atoms with E-state index in [0.29, 0.717) is 27.8 Å². The molecule has 0 saturated heterocycles.